The molecule has 0 aromatic carbocycles. The van der Waals surface area contributed by atoms with Crippen LogP contribution in [0.2, 0.25) is 0 Å². The maximum absolute atomic E-state index is 14.8. The average Bonchev–Trinajstić information content (AvgIpc) is 3.06. The Morgan fingerprint density at radius 1 is 0.387 bits per heavy atom. The lowest BCUT2D eigenvalue weighted by Gasteiger charge is -2.29. The Morgan fingerprint density at radius 3 is 0.855 bits per heavy atom. The zero-order valence-corrected chi connectivity index (χ0v) is 47.8. The Morgan fingerprint density at radius 2 is 0.629 bits per heavy atom. The van der Waals surface area contributed by atoms with Gasteiger partial charge < -0.3 is 4.74 Å². The molecule has 0 amide bonds. The van der Waals surface area contributed by atoms with Gasteiger partial charge >= 0.3 is 33.2 Å². The van der Waals surface area contributed by atoms with Gasteiger partial charge in [-0.25, -0.2) is 18.3 Å². The van der Waals surface area contributed by atoms with Crippen molar-refractivity contribution in [1.29, 1.82) is 0 Å². The SMILES string of the molecule is COC(=O)CCSP(=O)(OC(C)C)OC(C)CSP(=O)(OC(C)CSP(=O)(OC(C)CC(C)C)OC(C)CC(C)C)OC(C)CSP(=O)(OC(C)CC(C)C)OC(C)CC(C)C. The lowest BCUT2D eigenvalue weighted by atomic mass is 10.1. The van der Waals surface area contributed by atoms with Gasteiger partial charge in [0, 0.05) is 23.0 Å². The second-order valence-electron chi connectivity index (χ2n) is 17.9. The number of hydrogen-bond acceptors (Lipinski definition) is 18. The van der Waals surface area contributed by atoms with Crippen molar-refractivity contribution >= 4 is 78.7 Å². The highest BCUT2D eigenvalue weighted by molar-refractivity contribution is 8.56. The quantitative estimate of drug-likeness (QED) is 0.0425. The molecule has 0 N–H and O–H groups in total. The molecule has 0 saturated carbocycles. The van der Waals surface area contributed by atoms with E-state index in [4.69, 9.17) is 40.9 Å². The van der Waals surface area contributed by atoms with E-state index in [1.165, 1.54) is 7.11 Å². The van der Waals surface area contributed by atoms with Crippen molar-refractivity contribution in [3.8, 4) is 0 Å². The van der Waals surface area contributed by atoms with Crippen molar-refractivity contribution in [2.45, 2.75) is 199 Å². The number of rotatable bonds is 37. The van der Waals surface area contributed by atoms with Gasteiger partial charge in [-0.05, 0) is 157 Å². The highest BCUT2D eigenvalue weighted by atomic mass is 32.7. The highest BCUT2D eigenvalue weighted by Gasteiger charge is 2.39. The molecule has 0 aromatic rings. The minimum absolute atomic E-state index is 0.00824. The van der Waals surface area contributed by atoms with Crippen LogP contribution in [0, 0.1) is 23.7 Å². The van der Waals surface area contributed by atoms with Gasteiger partial charge in [-0.1, -0.05) is 55.4 Å². The van der Waals surface area contributed by atoms with Crippen LogP contribution in [0.1, 0.15) is 150 Å². The van der Waals surface area contributed by atoms with Gasteiger partial charge in [0.1, 0.15) is 0 Å². The molecule has 0 aliphatic heterocycles. The molecule has 0 aliphatic rings. The van der Waals surface area contributed by atoms with Crippen LogP contribution in [0.3, 0.4) is 0 Å². The monoisotopic (exact) mass is 1040 g/mol. The Hall–Kier alpha value is 1.47. The zero-order valence-electron chi connectivity index (χ0n) is 40.9. The molecule has 372 valence electrons. The number of hydrogen-bond donors (Lipinski definition) is 0. The van der Waals surface area contributed by atoms with E-state index < -0.39 is 57.6 Å². The van der Waals surface area contributed by atoms with Crippen LogP contribution in [-0.4, -0.2) is 84.9 Å². The Kier molecular flexibility index (Phi) is 32.3. The van der Waals surface area contributed by atoms with E-state index in [1.54, 1.807) is 34.6 Å². The van der Waals surface area contributed by atoms with Crippen LogP contribution in [0.25, 0.3) is 0 Å². The molecule has 0 radical (unpaired) electrons. The van der Waals surface area contributed by atoms with E-state index in [0.717, 1.165) is 45.5 Å². The summed E-state index contributed by atoms with van der Waals surface area (Å²) in [6.07, 6.45) is -1.35. The molecule has 0 spiro atoms. The molecule has 0 saturated heterocycles. The van der Waals surface area contributed by atoms with Gasteiger partial charge in [0.2, 0.25) is 0 Å². The van der Waals surface area contributed by atoms with Gasteiger partial charge in [0.05, 0.1) is 62.4 Å². The van der Waals surface area contributed by atoms with Crippen LogP contribution in [-0.2, 0) is 64.0 Å². The molecule has 8 unspecified atom stereocenters. The van der Waals surface area contributed by atoms with E-state index in [2.05, 4.69) is 55.4 Å². The van der Waals surface area contributed by atoms with Crippen molar-refractivity contribution in [3.05, 3.63) is 0 Å². The summed E-state index contributed by atoms with van der Waals surface area (Å²) in [5.74, 6) is 1.13. The highest BCUT2D eigenvalue weighted by Crippen LogP contribution is 2.68. The largest absolute Gasteiger partial charge is 0.469 e. The zero-order chi connectivity index (χ0) is 48.1. The summed E-state index contributed by atoms with van der Waals surface area (Å²) in [5.41, 5.74) is 0. The smallest absolute Gasteiger partial charge is 0.389 e. The molecule has 0 aliphatic carbocycles. The van der Waals surface area contributed by atoms with Gasteiger partial charge in [-0.15, -0.1) is 0 Å². The van der Waals surface area contributed by atoms with Crippen molar-refractivity contribution in [2.75, 3.05) is 30.1 Å². The number of ether oxygens (including phenoxy) is 1. The van der Waals surface area contributed by atoms with Crippen molar-refractivity contribution < 1.29 is 64.0 Å². The first kappa shape index (κ1) is 63.5. The van der Waals surface area contributed by atoms with E-state index in [-0.39, 0.29) is 53.8 Å². The standard InChI is InChI=1S/C40H84O14P4S4/c1-28(2)21-33(11)48-56(43,49-34(12)22-29(3)4)60-26-38(16)53-58(45,62-25-37(15)52-55(42,47-32(9)10)59-20-19-40(41)46-18)54-39(17)27-61-57(44,50-35(13)23-30(5)6)51-36(14)24-31(7)8/h28-39H,19-27H2,1-18H3. The second kappa shape index (κ2) is 31.6. The topological polar surface area (TPSA) is 168 Å². The second-order valence-corrected chi connectivity index (χ2v) is 34.1. The first-order chi connectivity index (χ1) is 28.4. The summed E-state index contributed by atoms with van der Waals surface area (Å²) >= 11 is 3.74. The molecule has 0 aromatic heterocycles. The maximum Gasteiger partial charge on any atom is 0.389 e. The first-order valence-electron chi connectivity index (χ1n) is 21.9. The summed E-state index contributed by atoms with van der Waals surface area (Å²) < 4.78 is 110. The molecule has 22 heteroatoms. The van der Waals surface area contributed by atoms with Gasteiger partial charge in [0.15, 0.2) is 0 Å². The van der Waals surface area contributed by atoms with Crippen LogP contribution < -0.4 is 0 Å². The molecule has 0 fully saturated rings. The minimum atomic E-state index is -4.10. The molecule has 0 rings (SSSR count). The van der Waals surface area contributed by atoms with Gasteiger partial charge in [-0.3, -0.25) is 41.0 Å². The molecular formula is C40H84O14P4S4. The number of carbonyl (C=O) groups is 1. The Bertz CT molecular complexity index is 1330. The average molecular weight is 1040 g/mol. The fourth-order valence-electron chi connectivity index (χ4n) is 5.99. The van der Waals surface area contributed by atoms with E-state index >= 15 is 0 Å². The van der Waals surface area contributed by atoms with E-state index in [1.807, 2.05) is 27.7 Å². The maximum atomic E-state index is 14.8. The molecule has 0 bridgehead atoms. The summed E-state index contributed by atoms with van der Waals surface area (Å²) in [6, 6.07) is 0. The minimum Gasteiger partial charge on any atom is -0.469 e. The normalized spacial score (nSPS) is 20.0. The summed E-state index contributed by atoms with van der Waals surface area (Å²) in [4.78, 5) is 11.7. The Balaban J connectivity index is 6.49. The predicted octanol–water partition coefficient (Wildman–Crippen LogP) is 15.4. The lowest BCUT2D eigenvalue weighted by molar-refractivity contribution is -0.140. The van der Waals surface area contributed by atoms with Crippen molar-refractivity contribution in [2.24, 2.45) is 23.7 Å². The van der Waals surface area contributed by atoms with Crippen LogP contribution in [0.5, 0.6) is 0 Å². The summed E-state index contributed by atoms with van der Waals surface area (Å²) in [7, 11) is 1.28. The number of carbonyl (C=O) groups excluding carboxylic acids is 1. The van der Waals surface area contributed by atoms with Crippen molar-refractivity contribution in [3.63, 3.8) is 0 Å². The summed E-state index contributed by atoms with van der Waals surface area (Å²) in [6.45, 7) is 17.2. The molecule has 8 atom stereocenters. The lowest BCUT2D eigenvalue weighted by Crippen LogP contribution is -2.19. The molecule has 14 nitrogen and oxygen atoms in total. The van der Waals surface area contributed by atoms with Crippen LogP contribution in [0.4, 0.5) is 0 Å². The molecule has 0 heterocycles. The van der Waals surface area contributed by atoms with E-state index in [0.29, 0.717) is 49.4 Å². The van der Waals surface area contributed by atoms with Crippen LogP contribution in [0.15, 0.2) is 0 Å². The number of methoxy groups -OCH3 is 1. The summed E-state index contributed by atoms with van der Waals surface area (Å²) in [5, 5.41) is 0. The van der Waals surface area contributed by atoms with Crippen LogP contribution >= 0.6 is 72.7 Å². The van der Waals surface area contributed by atoms with Gasteiger partial charge in [-0.2, -0.15) is 0 Å². The third-order valence-corrected chi connectivity index (χ3v) is 24.2. The first-order valence-corrected chi connectivity index (χ1v) is 34.5. The molecule has 62 heavy (non-hydrogen) atoms. The fourth-order valence-corrected chi connectivity index (χ4v) is 22.6. The Labute approximate surface area is 392 Å². The van der Waals surface area contributed by atoms with E-state index in [9.17, 15) is 23.1 Å². The fraction of sp³-hybridized carbons (Fsp3) is 0.975. The van der Waals surface area contributed by atoms with Gasteiger partial charge in [0.25, 0.3) is 0 Å². The number of esters is 1. The third kappa shape index (κ3) is 31.5. The molecular weight excluding hydrogens is 957 g/mol. The predicted molar refractivity (Wildman–Crippen MR) is 265 cm³/mol. The van der Waals surface area contributed by atoms with Crippen molar-refractivity contribution in [1.82, 2.24) is 0 Å². The third-order valence-electron chi connectivity index (χ3n) is 7.90.